The van der Waals surface area contributed by atoms with Crippen LogP contribution in [0, 0.1) is 10.1 Å². The van der Waals surface area contributed by atoms with Crippen molar-refractivity contribution in [2.75, 3.05) is 0 Å². The first-order valence-electron chi connectivity index (χ1n) is 6.58. The van der Waals surface area contributed by atoms with Gasteiger partial charge in [-0.15, -0.1) is 4.83 Å². The Morgan fingerprint density at radius 3 is 2.58 bits per heavy atom. The van der Waals surface area contributed by atoms with Crippen molar-refractivity contribution in [2.24, 2.45) is 5.73 Å². The lowest BCUT2D eigenvalue weighted by molar-refractivity contribution is -0.384. The van der Waals surface area contributed by atoms with Crippen LogP contribution in [0.2, 0.25) is 0 Å². The molecule has 0 aliphatic carbocycles. The number of sulfonamides is 1. The molecular formula is C12H14N6O5S. The monoisotopic (exact) mass is 354 g/mol. The third-order valence-corrected chi connectivity index (χ3v) is 4.26. The molecule has 0 bridgehead atoms. The second-order valence-electron chi connectivity index (χ2n) is 4.73. The Morgan fingerprint density at radius 2 is 2.04 bits per heavy atom. The second kappa shape index (κ2) is 7.16. The topological polar surface area (TPSA) is 173 Å². The number of rotatable bonds is 7. The molecule has 24 heavy (non-hydrogen) atoms. The van der Waals surface area contributed by atoms with Crippen molar-refractivity contribution in [1.82, 2.24) is 20.2 Å². The Bertz CT molecular complexity index is 818. The number of nitro benzene ring substituents is 1. The Hall–Kier alpha value is -2.83. The van der Waals surface area contributed by atoms with Crippen LogP contribution in [0.15, 0.2) is 41.7 Å². The van der Waals surface area contributed by atoms with Crippen molar-refractivity contribution in [3.63, 3.8) is 0 Å². The summed E-state index contributed by atoms with van der Waals surface area (Å²) in [6.07, 6.45) is 3.07. The van der Waals surface area contributed by atoms with Crippen molar-refractivity contribution in [3.05, 3.63) is 52.6 Å². The fourth-order valence-corrected chi connectivity index (χ4v) is 2.59. The average molecular weight is 354 g/mol. The van der Waals surface area contributed by atoms with Crippen LogP contribution in [0.4, 0.5) is 5.69 Å². The van der Waals surface area contributed by atoms with Gasteiger partial charge in [-0.1, -0.05) is 0 Å². The first kappa shape index (κ1) is 17.5. The molecule has 0 saturated heterocycles. The molecule has 5 N–H and O–H groups in total. The summed E-state index contributed by atoms with van der Waals surface area (Å²) in [6, 6.07) is 3.19. The number of aromatic amines is 1. The van der Waals surface area contributed by atoms with Crippen LogP contribution >= 0.6 is 0 Å². The minimum Gasteiger partial charge on any atom is -0.348 e. The highest BCUT2D eigenvalue weighted by molar-refractivity contribution is 7.89. The zero-order valence-electron chi connectivity index (χ0n) is 12.2. The van der Waals surface area contributed by atoms with Gasteiger partial charge in [-0.3, -0.25) is 20.3 Å². The van der Waals surface area contributed by atoms with Crippen molar-refractivity contribution >= 4 is 21.6 Å². The molecule has 11 nitrogen and oxygen atoms in total. The Labute approximate surface area is 136 Å². The van der Waals surface area contributed by atoms with Gasteiger partial charge in [0, 0.05) is 30.4 Å². The van der Waals surface area contributed by atoms with Crippen LogP contribution in [0.25, 0.3) is 0 Å². The predicted molar refractivity (Wildman–Crippen MR) is 81.8 cm³/mol. The maximum Gasteiger partial charge on any atom is 0.269 e. The molecule has 128 valence electrons. The van der Waals surface area contributed by atoms with Crippen LogP contribution in [0.1, 0.15) is 5.69 Å². The van der Waals surface area contributed by atoms with E-state index in [1.54, 1.807) is 0 Å². The molecule has 0 saturated carbocycles. The number of nitrogens with one attached hydrogen (secondary N) is 3. The zero-order valence-corrected chi connectivity index (χ0v) is 13.0. The highest BCUT2D eigenvalue weighted by Gasteiger charge is 2.20. The number of amides is 1. The molecule has 1 atom stereocenters. The predicted octanol–water partition coefficient (Wildman–Crippen LogP) is -0.803. The van der Waals surface area contributed by atoms with E-state index in [1.807, 2.05) is 10.3 Å². The van der Waals surface area contributed by atoms with Gasteiger partial charge in [0.1, 0.15) is 0 Å². The molecule has 1 aromatic carbocycles. The highest BCUT2D eigenvalue weighted by Crippen LogP contribution is 2.15. The van der Waals surface area contributed by atoms with Gasteiger partial charge in [-0.05, 0) is 12.1 Å². The fraction of sp³-hybridized carbons (Fsp3) is 0.167. The Morgan fingerprint density at radius 1 is 1.38 bits per heavy atom. The Balaban J connectivity index is 1.96. The van der Waals surface area contributed by atoms with E-state index in [0.717, 1.165) is 24.3 Å². The Kier molecular flexibility index (Phi) is 5.23. The van der Waals surface area contributed by atoms with Crippen molar-refractivity contribution < 1.29 is 18.1 Å². The van der Waals surface area contributed by atoms with Gasteiger partial charge in [0.2, 0.25) is 0 Å². The number of nitro groups is 1. The second-order valence-corrected chi connectivity index (χ2v) is 6.42. The van der Waals surface area contributed by atoms with E-state index in [2.05, 4.69) is 9.97 Å². The summed E-state index contributed by atoms with van der Waals surface area (Å²) in [7, 11) is -4.07. The summed E-state index contributed by atoms with van der Waals surface area (Å²) >= 11 is 0. The minimum atomic E-state index is -4.07. The number of benzene rings is 1. The van der Waals surface area contributed by atoms with Crippen LogP contribution in [-0.2, 0) is 21.2 Å². The summed E-state index contributed by atoms with van der Waals surface area (Å²) < 4.78 is 24.0. The molecule has 2 aromatic rings. The number of hydrogen-bond donors (Lipinski definition) is 4. The van der Waals surface area contributed by atoms with E-state index in [4.69, 9.17) is 5.73 Å². The number of imidazole rings is 1. The van der Waals surface area contributed by atoms with Gasteiger partial charge in [-0.2, -0.15) is 0 Å². The smallest absolute Gasteiger partial charge is 0.269 e. The summed E-state index contributed by atoms with van der Waals surface area (Å²) in [5, 5.41) is 10.5. The van der Waals surface area contributed by atoms with Crippen molar-refractivity contribution in [3.8, 4) is 0 Å². The standard InChI is InChI=1S/C12H14N6O5S/c13-11(5-8-6-14-7-15-8)12(19)16-17-24(22,23)10-3-1-9(2-4-10)18(20)21/h1-4,6-7,11,17H,5,13H2,(H,14,15)(H,16,19)/t11-/m0/s1. The number of hydrazine groups is 1. The number of H-pyrrole nitrogens is 1. The molecule has 0 fully saturated rings. The van der Waals surface area contributed by atoms with Gasteiger partial charge >= 0.3 is 0 Å². The molecule has 0 aliphatic rings. The third-order valence-electron chi connectivity index (χ3n) is 3.00. The summed E-state index contributed by atoms with van der Waals surface area (Å²) in [5.74, 6) is -0.741. The zero-order chi connectivity index (χ0) is 17.7. The van der Waals surface area contributed by atoms with E-state index < -0.39 is 26.9 Å². The molecule has 12 heteroatoms. The molecule has 1 aromatic heterocycles. The number of carbonyl (C=O) groups is 1. The SMILES string of the molecule is N[C@@H](Cc1cnc[nH]1)C(=O)NNS(=O)(=O)c1ccc([N+](=O)[O-])cc1. The lowest BCUT2D eigenvalue weighted by Crippen LogP contribution is -2.49. The van der Waals surface area contributed by atoms with E-state index >= 15 is 0 Å². The van der Waals surface area contributed by atoms with Gasteiger partial charge in [0.25, 0.3) is 21.6 Å². The molecule has 0 spiro atoms. The summed E-state index contributed by atoms with van der Waals surface area (Å²) in [4.78, 5) is 29.9. The number of nitrogens with zero attached hydrogens (tertiary/aromatic N) is 2. The average Bonchev–Trinajstić information content (AvgIpc) is 3.05. The molecule has 2 rings (SSSR count). The number of nitrogens with two attached hydrogens (primary N) is 1. The van der Waals surface area contributed by atoms with Crippen LogP contribution in [-0.4, -0.2) is 35.3 Å². The van der Waals surface area contributed by atoms with Crippen LogP contribution in [0.5, 0.6) is 0 Å². The lowest BCUT2D eigenvalue weighted by Gasteiger charge is -2.12. The summed E-state index contributed by atoms with van der Waals surface area (Å²) in [6.45, 7) is 0. The van der Waals surface area contributed by atoms with Crippen LogP contribution in [0.3, 0.4) is 0 Å². The van der Waals surface area contributed by atoms with Gasteiger partial charge in [0.15, 0.2) is 0 Å². The van der Waals surface area contributed by atoms with E-state index in [0.29, 0.717) is 5.69 Å². The molecule has 0 unspecified atom stereocenters. The van der Waals surface area contributed by atoms with E-state index in [9.17, 15) is 23.3 Å². The van der Waals surface area contributed by atoms with Gasteiger partial charge < -0.3 is 10.7 Å². The maximum absolute atomic E-state index is 12.0. The number of carbonyl (C=O) groups excluding carboxylic acids is 1. The minimum absolute atomic E-state index is 0.144. The number of non-ortho nitro benzene ring substituents is 1. The van der Waals surface area contributed by atoms with E-state index in [1.165, 1.54) is 12.5 Å². The maximum atomic E-state index is 12.0. The molecule has 0 radical (unpaired) electrons. The first-order chi connectivity index (χ1) is 11.3. The van der Waals surface area contributed by atoms with Crippen molar-refractivity contribution in [2.45, 2.75) is 17.4 Å². The number of aromatic nitrogens is 2. The number of hydrogen-bond acceptors (Lipinski definition) is 7. The van der Waals surface area contributed by atoms with E-state index in [-0.39, 0.29) is 17.0 Å². The van der Waals surface area contributed by atoms with Gasteiger partial charge in [-0.25, -0.2) is 13.4 Å². The fourth-order valence-electron chi connectivity index (χ4n) is 1.74. The lowest BCUT2D eigenvalue weighted by atomic mass is 10.2. The highest BCUT2D eigenvalue weighted by atomic mass is 32.2. The molecule has 0 aliphatic heterocycles. The van der Waals surface area contributed by atoms with Crippen molar-refractivity contribution in [1.29, 1.82) is 0 Å². The molecule has 1 amide bonds. The first-order valence-corrected chi connectivity index (χ1v) is 8.07. The summed E-state index contributed by atoms with van der Waals surface area (Å²) in [5.41, 5.74) is 8.03. The quantitative estimate of drug-likeness (QED) is 0.372. The normalized spacial score (nSPS) is 12.5. The molecule has 1 heterocycles. The van der Waals surface area contributed by atoms with Gasteiger partial charge in [0.05, 0.1) is 22.2 Å². The molecular weight excluding hydrogens is 340 g/mol. The van der Waals surface area contributed by atoms with Crippen LogP contribution < -0.4 is 16.0 Å². The largest absolute Gasteiger partial charge is 0.348 e. The third kappa shape index (κ3) is 4.34.